The number of benzene rings is 1. The van der Waals surface area contributed by atoms with Crippen molar-refractivity contribution in [2.45, 2.75) is 30.4 Å². The van der Waals surface area contributed by atoms with Gasteiger partial charge in [-0.25, -0.2) is 8.42 Å². The van der Waals surface area contributed by atoms with Crippen LogP contribution in [0.3, 0.4) is 0 Å². The standard InChI is InChI=1S/C17H22N2O4S/c20-12-17-7-3-8-18-15(17)6-9-19(11-17)24(21,22)16-10-13-4-1-2-5-14(13)23-16/h1-2,4-5,10,15,18,20H,3,6-9,11-12H2. The van der Waals surface area contributed by atoms with Crippen LogP contribution >= 0.6 is 0 Å². The number of para-hydroxylation sites is 1. The molecule has 24 heavy (non-hydrogen) atoms. The van der Waals surface area contributed by atoms with Gasteiger partial charge in [0, 0.05) is 36.0 Å². The molecule has 2 saturated heterocycles. The molecule has 2 unspecified atom stereocenters. The Balaban J connectivity index is 1.67. The Labute approximate surface area is 141 Å². The van der Waals surface area contributed by atoms with Gasteiger partial charge < -0.3 is 14.8 Å². The lowest BCUT2D eigenvalue weighted by Gasteiger charge is -2.49. The van der Waals surface area contributed by atoms with E-state index in [1.165, 1.54) is 4.31 Å². The summed E-state index contributed by atoms with van der Waals surface area (Å²) in [5.41, 5.74) is 0.178. The van der Waals surface area contributed by atoms with Gasteiger partial charge in [-0.15, -0.1) is 0 Å². The highest BCUT2D eigenvalue weighted by molar-refractivity contribution is 7.89. The highest BCUT2D eigenvalue weighted by Gasteiger charge is 2.47. The van der Waals surface area contributed by atoms with Crippen LogP contribution in [0.2, 0.25) is 0 Å². The van der Waals surface area contributed by atoms with E-state index in [0.717, 1.165) is 24.8 Å². The molecule has 6 nitrogen and oxygen atoms in total. The Morgan fingerprint density at radius 2 is 2.21 bits per heavy atom. The maximum atomic E-state index is 13.0. The van der Waals surface area contributed by atoms with Crippen molar-refractivity contribution in [1.29, 1.82) is 0 Å². The number of rotatable bonds is 3. The summed E-state index contributed by atoms with van der Waals surface area (Å²) in [5, 5.41) is 14.2. The van der Waals surface area contributed by atoms with E-state index < -0.39 is 15.4 Å². The average molecular weight is 350 g/mol. The fraction of sp³-hybridized carbons (Fsp3) is 0.529. The molecule has 2 fully saturated rings. The van der Waals surface area contributed by atoms with E-state index in [-0.39, 0.29) is 17.7 Å². The zero-order valence-electron chi connectivity index (χ0n) is 13.4. The molecule has 1 aromatic heterocycles. The van der Waals surface area contributed by atoms with Gasteiger partial charge in [-0.1, -0.05) is 18.2 Å². The molecule has 0 aliphatic carbocycles. The van der Waals surface area contributed by atoms with Crippen molar-refractivity contribution < 1.29 is 17.9 Å². The van der Waals surface area contributed by atoms with Crippen LogP contribution in [0, 0.1) is 5.41 Å². The Morgan fingerprint density at radius 3 is 3.00 bits per heavy atom. The number of nitrogens with zero attached hydrogens (tertiary/aromatic N) is 1. The first-order chi connectivity index (χ1) is 11.5. The lowest BCUT2D eigenvalue weighted by Crippen LogP contribution is -2.62. The molecular formula is C17H22N2O4S. The van der Waals surface area contributed by atoms with Gasteiger partial charge in [-0.05, 0) is 31.9 Å². The minimum atomic E-state index is -3.69. The van der Waals surface area contributed by atoms with Crippen molar-refractivity contribution in [2.24, 2.45) is 5.41 Å². The molecule has 2 aliphatic rings. The third-order valence-corrected chi connectivity index (χ3v) is 7.15. The van der Waals surface area contributed by atoms with E-state index in [2.05, 4.69) is 5.32 Å². The van der Waals surface area contributed by atoms with E-state index in [4.69, 9.17) is 4.42 Å². The van der Waals surface area contributed by atoms with Gasteiger partial charge in [0.15, 0.2) is 0 Å². The van der Waals surface area contributed by atoms with Crippen molar-refractivity contribution >= 4 is 21.0 Å². The van der Waals surface area contributed by atoms with Gasteiger partial charge in [0.1, 0.15) is 5.58 Å². The summed E-state index contributed by atoms with van der Waals surface area (Å²) in [5.74, 6) is 0. The molecule has 2 aromatic rings. The van der Waals surface area contributed by atoms with Gasteiger partial charge in [0.05, 0.1) is 6.61 Å². The molecule has 0 spiro atoms. The third kappa shape index (κ3) is 2.47. The van der Waals surface area contributed by atoms with Crippen molar-refractivity contribution in [3.05, 3.63) is 30.3 Å². The van der Waals surface area contributed by atoms with Gasteiger partial charge in [0.2, 0.25) is 5.09 Å². The molecule has 4 rings (SSSR count). The Bertz CT molecular complexity index is 814. The number of furan rings is 1. The summed E-state index contributed by atoms with van der Waals surface area (Å²) >= 11 is 0. The molecule has 0 saturated carbocycles. The normalized spacial score (nSPS) is 28.8. The summed E-state index contributed by atoms with van der Waals surface area (Å²) in [7, 11) is -3.69. The molecule has 2 atom stereocenters. The van der Waals surface area contributed by atoms with Gasteiger partial charge in [0.25, 0.3) is 10.0 Å². The van der Waals surface area contributed by atoms with E-state index >= 15 is 0 Å². The van der Waals surface area contributed by atoms with Crippen LogP contribution in [0.15, 0.2) is 39.8 Å². The smallest absolute Gasteiger partial charge is 0.276 e. The third-order valence-electron chi connectivity index (χ3n) is 5.45. The van der Waals surface area contributed by atoms with Crippen LogP contribution in [-0.2, 0) is 10.0 Å². The van der Waals surface area contributed by atoms with Gasteiger partial charge >= 0.3 is 0 Å². The summed E-state index contributed by atoms with van der Waals surface area (Å²) in [6.45, 7) is 1.71. The molecule has 130 valence electrons. The monoisotopic (exact) mass is 350 g/mol. The number of hydrogen-bond acceptors (Lipinski definition) is 5. The second kappa shape index (κ2) is 5.84. The molecule has 2 aliphatic heterocycles. The van der Waals surface area contributed by atoms with Gasteiger partial charge in [-0.3, -0.25) is 0 Å². The summed E-state index contributed by atoms with van der Waals surface area (Å²) < 4.78 is 33.1. The maximum Gasteiger partial charge on any atom is 0.276 e. The molecule has 2 N–H and O–H groups in total. The number of sulfonamides is 1. The Morgan fingerprint density at radius 1 is 1.38 bits per heavy atom. The first-order valence-corrected chi connectivity index (χ1v) is 9.82. The largest absolute Gasteiger partial charge is 0.443 e. The van der Waals surface area contributed by atoms with Crippen LogP contribution in [0.4, 0.5) is 0 Å². The quantitative estimate of drug-likeness (QED) is 0.878. The number of fused-ring (bicyclic) bond motifs is 2. The second-order valence-corrected chi connectivity index (χ2v) is 8.73. The summed E-state index contributed by atoms with van der Waals surface area (Å²) in [4.78, 5) is 0. The number of piperidine rings is 2. The molecular weight excluding hydrogens is 328 g/mol. The molecule has 0 radical (unpaired) electrons. The lowest BCUT2D eigenvalue weighted by atomic mass is 9.71. The minimum absolute atomic E-state index is 0.00316. The highest BCUT2D eigenvalue weighted by atomic mass is 32.2. The zero-order valence-corrected chi connectivity index (χ0v) is 14.3. The van der Waals surface area contributed by atoms with Crippen molar-refractivity contribution in [2.75, 3.05) is 26.2 Å². The number of aliphatic hydroxyl groups excluding tert-OH is 1. The average Bonchev–Trinajstić information content (AvgIpc) is 3.06. The molecule has 3 heterocycles. The first kappa shape index (κ1) is 16.1. The van der Waals surface area contributed by atoms with Crippen LogP contribution in [0.1, 0.15) is 19.3 Å². The van der Waals surface area contributed by atoms with E-state index in [1.807, 2.05) is 18.2 Å². The summed E-state index contributed by atoms with van der Waals surface area (Å²) in [6.07, 6.45) is 2.50. The van der Waals surface area contributed by atoms with Crippen molar-refractivity contribution in [3.63, 3.8) is 0 Å². The molecule has 0 amide bonds. The maximum absolute atomic E-state index is 13.0. The zero-order chi connectivity index (χ0) is 16.8. The molecule has 1 aromatic carbocycles. The minimum Gasteiger partial charge on any atom is -0.443 e. The van der Waals surface area contributed by atoms with Crippen molar-refractivity contribution in [1.82, 2.24) is 9.62 Å². The van der Waals surface area contributed by atoms with Crippen LogP contribution in [0.5, 0.6) is 0 Å². The lowest BCUT2D eigenvalue weighted by molar-refractivity contribution is 0.00516. The molecule has 7 heteroatoms. The second-order valence-electron chi connectivity index (χ2n) is 6.86. The fourth-order valence-corrected chi connectivity index (χ4v) is 5.56. The SMILES string of the molecule is O=S(=O)(c1cc2ccccc2o1)N1CCC2NCCCC2(CO)C1. The number of hydrogen-bond donors (Lipinski definition) is 2. The fourth-order valence-electron chi connectivity index (χ4n) is 4.06. The summed E-state index contributed by atoms with van der Waals surface area (Å²) in [6, 6.07) is 9.04. The number of nitrogens with one attached hydrogen (secondary N) is 1. The highest BCUT2D eigenvalue weighted by Crippen LogP contribution is 2.39. The molecule has 0 bridgehead atoms. The van der Waals surface area contributed by atoms with Crippen LogP contribution in [0.25, 0.3) is 11.0 Å². The Kier molecular flexibility index (Phi) is 3.91. The van der Waals surface area contributed by atoms with E-state index in [0.29, 0.717) is 25.1 Å². The van der Waals surface area contributed by atoms with Crippen LogP contribution in [-0.4, -0.2) is 50.1 Å². The first-order valence-electron chi connectivity index (χ1n) is 8.38. The Hall–Kier alpha value is -1.41. The predicted octanol–water partition coefficient (Wildman–Crippen LogP) is 1.56. The predicted molar refractivity (Wildman–Crippen MR) is 90.1 cm³/mol. The van der Waals surface area contributed by atoms with Gasteiger partial charge in [-0.2, -0.15) is 4.31 Å². The van der Waals surface area contributed by atoms with E-state index in [1.54, 1.807) is 12.1 Å². The topological polar surface area (TPSA) is 82.8 Å². The van der Waals surface area contributed by atoms with Crippen molar-refractivity contribution in [3.8, 4) is 0 Å². The van der Waals surface area contributed by atoms with Crippen LogP contribution < -0.4 is 5.32 Å². The van der Waals surface area contributed by atoms with E-state index in [9.17, 15) is 13.5 Å². The number of aliphatic hydroxyl groups is 1.